The number of esters is 1. The van der Waals surface area contributed by atoms with Crippen molar-refractivity contribution in [1.82, 2.24) is 4.90 Å². The van der Waals surface area contributed by atoms with Crippen LogP contribution in [0.4, 0.5) is 0 Å². The van der Waals surface area contributed by atoms with E-state index in [9.17, 15) is 24.6 Å². The van der Waals surface area contributed by atoms with Crippen LogP contribution in [0.1, 0.15) is 66.2 Å². The van der Waals surface area contributed by atoms with Crippen LogP contribution in [0.2, 0.25) is 0 Å². The van der Waals surface area contributed by atoms with Gasteiger partial charge in [0, 0.05) is 18.5 Å². The second kappa shape index (κ2) is 15.1. The predicted molar refractivity (Wildman–Crippen MR) is 128 cm³/mol. The molecular weight excluding hydrogens is 457 g/mol. The van der Waals surface area contributed by atoms with E-state index in [2.05, 4.69) is 38.2 Å². The molecule has 0 fully saturated rings. The Bertz CT molecular complexity index is 943. The summed E-state index contributed by atoms with van der Waals surface area (Å²) in [5.74, 6) is -1.43. The Morgan fingerprint density at radius 2 is 2.03 bits per heavy atom. The van der Waals surface area contributed by atoms with E-state index in [-0.39, 0.29) is 47.8 Å². The number of ether oxygens (including phenoxy) is 1. The second-order valence-electron chi connectivity index (χ2n) is 9.25. The number of carboxylic acid groups (broad SMARTS) is 1. The maximum absolute atomic E-state index is 12.1. The molecule has 2 aliphatic rings. The van der Waals surface area contributed by atoms with Crippen LogP contribution >= 0.6 is 0 Å². The van der Waals surface area contributed by atoms with Crippen LogP contribution in [-0.2, 0) is 19.1 Å². The number of aliphatic hydroxyl groups is 1. The van der Waals surface area contributed by atoms with Gasteiger partial charge in [-0.25, -0.2) is 4.79 Å². The number of aliphatic hydroxyl groups excluding tert-OH is 1. The number of rotatable bonds is 13. The third-order valence-electron chi connectivity index (χ3n) is 6.14. The molecule has 2 rings (SSSR count). The molecule has 0 bridgehead atoms. The topological polar surface area (TPSA) is 107 Å². The van der Waals surface area contributed by atoms with Crippen molar-refractivity contribution in [1.29, 1.82) is 0 Å². The van der Waals surface area contributed by atoms with E-state index in [0.717, 1.165) is 31.3 Å². The molecule has 7 nitrogen and oxygen atoms in total. The zero-order valence-electron chi connectivity index (χ0n) is 21.6. The van der Waals surface area contributed by atoms with Gasteiger partial charge in [-0.15, -0.1) is 0 Å². The molecule has 0 saturated carbocycles. The Hall–Kier alpha value is -2.09. The molecule has 35 heavy (non-hydrogen) atoms. The van der Waals surface area contributed by atoms with Gasteiger partial charge in [0.05, 0.1) is 18.1 Å². The molecule has 2 unspecified atom stereocenters. The van der Waals surface area contributed by atoms with Gasteiger partial charge in [-0.2, -0.15) is 0 Å². The zero-order chi connectivity index (χ0) is 25.3. The first kappa shape index (κ1) is 30.9. The van der Waals surface area contributed by atoms with Crippen molar-refractivity contribution < 1.29 is 58.9 Å². The third kappa shape index (κ3) is 10.2. The van der Waals surface area contributed by atoms with Crippen molar-refractivity contribution in [2.45, 2.75) is 72.3 Å². The maximum Gasteiger partial charge on any atom is 1.00 e. The van der Waals surface area contributed by atoms with Gasteiger partial charge in [-0.05, 0) is 58.8 Å². The molecule has 1 N–H and O–H groups in total. The minimum absolute atomic E-state index is 0. The Balaban J connectivity index is 0.00000612. The van der Waals surface area contributed by atoms with Crippen molar-refractivity contribution in [2.24, 2.45) is 5.92 Å². The van der Waals surface area contributed by atoms with Crippen molar-refractivity contribution >= 4 is 17.8 Å². The summed E-state index contributed by atoms with van der Waals surface area (Å²) in [6.45, 7) is 7.78. The third-order valence-corrected chi connectivity index (χ3v) is 6.14. The number of allylic oxidation sites excluding steroid dienone is 5. The number of hydrogen-bond donors (Lipinski definition) is 1. The van der Waals surface area contributed by atoms with E-state index in [1.807, 2.05) is 13.0 Å². The fraction of sp³-hybridized carbons (Fsp3) is 0.519. The van der Waals surface area contributed by atoms with Gasteiger partial charge in [0.25, 0.3) is 0 Å². The molecule has 1 amide bonds. The van der Waals surface area contributed by atoms with Gasteiger partial charge in [0.1, 0.15) is 5.76 Å². The molecule has 0 radical (unpaired) electrons. The van der Waals surface area contributed by atoms with Crippen LogP contribution in [0.25, 0.3) is 0 Å². The van der Waals surface area contributed by atoms with E-state index < -0.39 is 18.0 Å². The summed E-state index contributed by atoms with van der Waals surface area (Å²) in [4.78, 5) is 35.6. The quantitative estimate of drug-likeness (QED) is 0.175. The maximum atomic E-state index is 12.1. The van der Waals surface area contributed by atoms with Crippen LogP contribution in [0.15, 0.2) is 58.4 Å². The SMILES string of the molecule is CC1=C(O)C(C/C(C)=C\CCC(C)/C=C/C=C(\C)CCCC2=CCN(CC(=O)[O-])C2=O)OC1=O.[Na+]. The van der Waals surface area contributed by atoms with E-state index in [1.165, 1.54) is 10.5 Å². The molecule has 2 heterocycles. The number of amides is 1. The first-order valence-corrected chi connectivity index (χ1v) is 11.9. The van der Waals surface area contributed by atoms with Gasteiger partial charge >= 0.3 is 35.5 Å². The summed E-state index contributed by atoms with van der Waals surface area (Å²) < 4.78 is 5.17. The van der Waals surface area contributed by atoms with Crippen LogP contribution < -0.4 is 34.7 Å². The average Bonchev–Trinajstić information content (AvgIpc) is 3.21. The zero-order valence-corrected chi connectivity index (χ0v) is 23.6. The molecule has 0 aromatic heterocycles. The van der Waals surface area contributed by atoms with Crippen molar-refractivity contribution in [3.63, 3.8) is 0 Å². The van der Waals surface area contributed by atoms with Crippen LogP contribution in [0, 0.1) is 5.92 Å². The first-order chi connectivity index (χ1) is 16.1. The summed E-state index contributed by atoms with van der Waals surface area (Å²) in [7, 11) is 0. The average molecular weight is 494 g/mol. The number of aliphatic carboxylic acids is 1. The first-order valence-electron chi connectivity index (χ1n) is 11.9. The predicted octanol–water partition coefficient (Wildman–Crippen LogP) is 0.692. The van der Waals surface area contributed by atoms with E-state index in [1.54, 1.807) is 6.92 Å². The molecule has 0 aromatic carbocycles. The summed E-state index contributed by atoms with van der Waals surface area (Å²) in [6.07, 6.45) is 14.5. The van der Waals surface area contributed by atoms with Gasteiger partial charge in [0.2, 0.25) is 5.91 Å². The van der Waals surface area contributed by atoms with Crippen LogP contribution in [-0.4, -0.2) is 47.0 Å². The van der Waals surface area contributed by atoms with Crippen molar-refractivity contribution in [3.05, 3.63) is 58.4 Å². The van der Waals surface area contributed by atoms with E-state index in [0.29, 0.717) is 36.5 Å². The summed E-state index contributed by atoms with van der Waals surface area (Å²) in [5, 5.41) is 20.6. The molecular formula is C27H36NNaO6. The van der Waals surface area contributed by atoms with Crippen LogP contribution in [0.3, 0.4) is 0 Å². The Morgan fingerprint density at radius 3 is 2.66 bits per heavy atom. The molecule has 0 aromatic rings. The number of hydrogen-bond acceptors (Lipinski definition) is 6. The molecule has 0 saturated heterocycles. The largest absolute Gasteiger partial charge is 1.00 e. The number of nitrogens with zero attached hydrogens (tertiary/aromatic N) is 1. The Labute approximate surface area is 230 Å². The molecule has 0 aliphatic carbocycles. The number of carboxylic acids is 1. The molecule has 0 spiro atoms. The number of carbonyl (C=O) groups excluding carboxylic acids is 3. The number of carbonyl (C=O) groups is 3. The Morgan fingerprint density at radius 1 is 1.31 bits per heavy atom. The fourth-order valence-corrected chi connectivity index (χ4v) is 3.97. The smallest absolute Gasteiger partial charge is 0.548 e. The molecule has 8 heteroatoms. The summed E-state index contributed by atoms with van der Waals surface area (Å²) in [6, 6.07) is 0. The monoisotopic (exact) mass is 493 g/mol. The molecule has 2 atom stereocenters. The van der Waals surface area contributed by atoms with Gasteiger partial charge in [-0.3, -0.25) is 4.79 Å². The second-order valence-corrected chi connectivity index (χ2v) is 9.25. The van der Waals surface area contributed by atoms with Crippen molar-refractivity contribution in [2.75, 3.05) is 13.1 Å². The number of cyclic esters (lactones) is 1. The van der Waals surface area contributed by atoms with E-state index in [4.69, 9.17) is 4.74 Å². The normalized spacial score (nSPS) is 19.8. The standard InChI is InChI=1S/C27H37NO6.Na/c1-18(10-6-12-20(3)16-23-25(31)21(4)27(33)34-23)8-5-9-19(2)11-7-13-22-14-15-28(26(22)32)17-24(29)30;/h5,8-9,12,14,18,23,31H,6-7,10-11,13,15-17H2,1-4H3,(H,29,30);/q;+1/p-1/b8-5+,19-9+,20-12-;. The molecule has 2 aliphatic heterocycles. The van der Waals surface area contributed by atoms with Crippen molar-refractivity contribution in [3.8, 4) is 0 Å². The Kier molecular flexibility index (Phi) is 13.4. The van der Waals surface area contributed by atoms with Gasteiger partial charge in [0.15, 0.2) is 6.10 Å². The van der Waals surface area contributed by atoms with Gasteiger partial charge in [-0.1, -0.05) is 48.5 Å². The summed E-state index contributed by atoms with van der Waals surface area (Å²) >= 11 is 0. The molecule has 186 valence electrons. The minimum Gasteiger partial charge on any atom is -0.548 e. The van der Waals surface area contributed by atoms with Gasteiger partial charge < -0.3 is 24.6 Å². The van der Waals surface area contributed by atoms with Crippen LogP contribution in [0.5, 0.6) is 0 Å². The minimum atomic E-state index is -1.24. The van der Waals surface area contributed by atoms with E-state index >= 15 is 0 Å². The summed E-state index contributed by atoms with van der Waals surface area (Å²) in [5.41, 5.74) is 3.30. The fourth-order valence-electron chi connectivity index (χ4n) is 3.97.